The molecule has 6 nitrogen and oxygen atoms in total. The lowest BCUT2D eigenvalue weighted by atomic mass is 10.2. The summed E-state index contributed by atoms with van der Waals surface area (Å²) in [5, 5.41) is 18.5. The Morgan fingerprint density at radius 1 is 1.35 bits per heavy atom. The minimum atomic E-state index is -0.0515. The molecule has 0 aliphatic heterocycles. The van der Waals surface area contributed by atoms with Crippen LogP contribution in [0.15, 0.2) is 30.7 Å². The molecule has 0 fully saturated rings. The third-order valence-corrected chi connectivity index (χ3v) is 4.05. The van der Waals surface area contributed by atoms with E-state index in [2.05, 4.69) is 20.4 Å². The number of fused-ring (bicyclic) bond motifs is 1. The van der Waals surface area contributed by atoms with Crippen molar-refractivity contribution < 1.29 is 5.11 Å². The van der Waals surface area contributed by atoms with Crippen LogP contribution in [0.1, 0.15) is 18.9 Å². The predicted molar refractivity (Wildman–Crippen MR) is 91.2 cm³/mol. The molecule has 0 spiro atoms. The minimum Gasteiger partial charge on any atom is -0.394 e. The molecule has 2 aromatic heterocycles. The van der Waals surface area contributed by atoms with Gasteiger partial charge in [0.1, 0.15) is 12.1 Å². The van der Waals surface area contributed by atoms with Crippen LogP contribution in [0.2, 0.25) is 5.02 Å². The molecule has 0 unspecified atom stereocenters. The van der Waals surface area contributed by atoms with Crippen LogP contribution in [-0.2, 0) is 0 Å². The fourth-order valence-electron chi connectivity index (χ4n) is 2.42. The molecule has 0 saturated heterocycles. The zero-order valence-electron chi connectivity index (χ0n) is 13.0. The Morgan fingerprint density at radius 3 is 2.91 bits per heavy atom. The summed E-state index contributed by atoms with van der Waals surface area (Å²) in [6, 6.07) is 5.61. The van der Waals surface area contributed by atoms with E-state index in [9.17, 15) is 5.11 Å². The fraction of sp³-hybridized carbons (Fsp3) is 0.312. The van der Waals surface area contributed by atoms with Crippen LogP contribution in [0, 0.1) is 6.92 Å². The number of aliphatic hydroxyl groups is 1. The molecule has 0 aliphatic carbocycles. The van der Waals surface area contributed by atoms with Crippen molar-refractivity contribution in [2.45, 2.75) is 26.3 Å². The molecule has 1 aromatic carbocycles. The summed E-state index contributed by atoms with van der Waals surface area (Å²) in [5.74, 6) is 0.668. The average molecular weight is 332 g/mol. The van der Waals surface area contributed by atoms with E-state index in [1.54, 1.807) is 10.9 Å². The van der Waals surface area contributed by atoms with Crippen molar-refractivity contribution >= 4 is 28.5 Å². The number of hydrogen-bond acceptors (Lipinski definition) is 5. The van der Waals surface area contributed by atoms with Gasteiger partial charge in [-0.25, -0.2) is 14.6 Å². The number of halogens is 1. The van der Waals surface area contributed by atoms with Gasteiger partial charge in [0.15, 0.2) is 5.65 Å². The van der Waals surface area contributed by atoms with E-state index < -0.39 is 0 Å². The van der Waals surface area contributed by atoms with Crippen LogP contribution in [0.3, 0.4) is 0 Å². The Balaban J connectivity index is 2.10. The van der Waals surface area contributed by atoms with Gasteiger partial charge in [-0.05, 0) is 31.0 Å². The third kappa shape index (κ3) is 3.00. The van der Waals surface area contributed by atoms with Crippen LogP contribution < -0.4 is 5.32 Å². The highest BCUT2D eigenvalue weighted by atomic mass is 35.5. The summed E-state index contributed by atoms with van der Waals surface area (Å²) in [4.78, 5) is 8.63. The summed E-state index contributed by atoms with van der Waals surface area (Å²) >= 11 is 6.11. The number of anilines is 1. The Kier molecular flexibility index (Phi) is 4.45. The van der Waals surface area contributed by atoms with Gasteiger partial charge in [0, 0.05) is 5.02 Å². The highest BCUT2D eigenvalue weighted by Gasteiger charge is 2.14. The topological polar surface area (TPSA) is 75.9 Å². The molecule has 0 aliphatic rings. The van der Waals surface area contributed by atoms with Gasteiger partial charge >= 0.3 is 0 Å². The van der Waals surface area contributed by atoms with Crippen molar-refractivity contribution in [2.24, 2.45) is 0 Å². The van der Waals surface area contributed by atoms with E-state index >= 15 is 0 Å². The smallest absolute Gasteiger partial charge is 0.168 e. The molecule has 1 atom stereocenters. The quantitative estimate of drug-likeness (QED) is 0.751. The summed E-state index contributed by atoms with van der Waals surface area (Å²) in [6.45, 7) is 4.05. The number of hydrogen-bond donors (Lipinski definition) is 2. The van der Waals surface area contributed by atoms with Crippen molar-refractivity contribution in [2.75, 3.05) is 11.9 Å². The van der Waals surface area contributed by atoms with Crippen molar-refractivity contribution in [3.05, 3.63) is 41.3 Å². The molecular formula is C16H18ClN5O. The number of aromatic nitrogens is 4. The van der Waals surface area contributed by atoms with Gasteiger partial charge in [0.25, 0.3) is 0 Å². The highest BCUT2D eigenvalue weighted by Crippen LogP contribution is 2.25. The van der Waals surface area contributed by atoms with Crippen molar-refractivity contribution in [1.82, 2.24) is 19.7 Å². The van der Waals surface area contributed by atoms with Crippen LogP contribution in [0.25, 0.3) is 16.7 Å². The molecule has 0 saturated carbocycles. The molecule has 120 valence electrons. The van der Waals surface area contributed by atoms with Crippen LogP contribution >= 0.6 is 11.6 Å². The molecular weight excluding hydrogens is 314 g/mol. The van der Waals surface area contributed by atoms with E-state index in [1.165, 1.54) is 6.33 Å². The normalized spacial score (nSPS) is 12.5. The maximum Gasteiger partial charge on any atom is 0.168 e. The summed E-state index contributed by atoms with van der Waals surface area (Å²) in [5.41, 5.74) is 2.63. The first kappa shape index (κ1) is 15.7. The maximum atomic E-state index is 9.37. The number of aliphatic hydroxyl groups excluding tert-OH is 1. The first-order valence-electron chi connectivity index (χ1n) is 7.46. The molecule has 2 N–H and O–H groups in total. The number of nitrogens with zero attached hydrogens (tertiary/aromatic N) is 4. The minimum absolute atomic E-state index is 0.0452. The van der Waals surface area contributed by atoms with Gasteiger partial charge in [0.2, 0.25) is 0 Å². The fourth-order valence-corrected chi connectivity index (χ4v) is 2.58. The monoisotopic (exact) mass is 331 g/mol. The van der Waals surface area contributed by atoms with Gasteiger partial charge in [-0.15, -0.1) is 0 Å². The van der Waals surface area contributed by atoms with E-state index in [0.29, 0.717) is 16.5 Å². The molecule has 0 amide bonds. The van der Waals surface area contributed by atoms with E-state index in [1.807, 2.05) is 32.0 Å². The summed E-state index contributed by atoms with van der Waals surface area (Å²) in [6.07, 6.45) is 4.01. The van der Waals surface area contributed by atoms with Gasteiger partial charge in [-0.2, -0.15) is 5.10 Å². The number of rotatable bonds is 5. The molecule has 23 heavy (non-hydrogen) atoms. The largest absolute Gasteiger partial charge is 0.394 e. The molecule has 2 heterocycles. The molecule has 0 bridgehead atoms. The first-order valence-corrected chi connectivity index (χ1v) is 7.84. The summed E-state index contributed by atoms with van der Waals surface area (Å²) in [7, 11) is 0. The van der Waals surface area contributed by atoms with Gasteiger partial charge in [0.05, 0.1) is 29.9 Å². The van der Waals surface area contributed by atoms with Crippen molar-refractivity contribution in [3.8, 4) is 5.69 Å². The second kappa shape index (κ2) is 6.52. The number of aryl methyl sites for hydroxylation is 1. The molecule has 3 aromatic rings. The van der Waals surface area contributed by atoms with Crippen LogP contribution in [0.5, 0.6) is 0 Å². The third-order valence-electron chi connectivity index (χ3n) is 3.82. The van der Waals surface area contributed by atoms with E-state index in [0.717, 1.165) is 23.1 Å². The van der Waals surface area contributed by atoms with Gasteiger partial charge in [-0.3, -0.25) is 0 Å². The summed E-state index contributed by atoms with van der Waals surface area (Å²) < 4.78 is 1.75. The standard InChI is InChI=1S/C16H18ClN5O/c1-3-12(8-23)21-15-13-7-20-22(16(13)19-9-18-15)14-6-11(17)5-4-10(14)2/h4-7,9,12,23H,3,8H2,1-2H3,(H,18,19,21)/t12-/m1/s1. The Hall–Kier alpha value is -2.18. The Labute approximate surface area is 139 Å². The first-order chi connectivity index (χ1) is 11.1. The van der Waals surface area contributed by atoms with E-state index in [-0.39, 0.29) is 12.6 Å². The van der Waals surface area contributed by atoms with Crippen LogP contribution in [-0.4, -0.2) is 37.5 Å². The Morgan fingerprint density at radius 2 is 2.17 bits per heavy atom. The number of benzene rings is 1. The molecule has 3 rings (SSSR count). The average Bonchev–Trinajstić information content (AvgIpc) is 2.99. The molecule has 7 heteroatoms. The van der Waals surface area contributed by atoms with Gasteiger partial charge in [-0.1, -0.05) is 24.6 Å². The lowest BCUT2D eigenvalue weighted by Gasteiger charge is -2.15. The van der Waals surface area contributed by atoms with Crippen LogP contribution in [0.4, 0.5) is 5.82 Å². The molecule has 0 radical (unpaired) electrons. The van der Waals surface area contributed by atoms with Crippen molar-refractivity contribution in [1.29, 1.82) is 0 Å². The maximum absolute atomic E-state index is 9.37. The number of nitrogens with one attached hydrogen (secondary N) is 1. The zero-order chi connectivity index (χ0) is 16.4. The van der Waals surface area contributed by atoms with Crippen molar-refractivity contribution in [3.63, 3.8) is 0 Å². The SMILES string of the molecule is CC[C@H](CO)Nc1ncnc2c1cnn2-c1cc(Cl)ccc1C. The highest BCUT2D eigenvalue weighted by molar-refractivity contribution is 6.30. The second-order valence-electron chi connectivity index (χ2n) is 5.38. The Bertz CT molecular complexity index is 828. The van der Waals surface area contributed by atoms with E-state index in [4.69, 9.17) is 11.6 Å². The lowest BCUT2D eigenvalue weighted by Crippen LogP contribution is -2.23. The lowest BCUT2D eigenvalue weighted by molar-refractivity contribution is 0.271. The van der Waals surface area contributed by atoms with Gasteiger partial charge < -0.3 is 10.4 Å². The second-order valence-corrected chi connectivity index (χ2v) is 5.82. The zero-order valence-corrected chi connectivity index (χ0v) is 13.7. The predicted octanol–water partition coefficient (Wildman–Crippen LogP) is 2.96.